The summed E-state index contributed by atoms with van der Waals surface area (Å²) < 4.78 is 6.77. The van der Waals surface area contributed by atoms with Crippen LogP contribution in [0, 0.1) is 0 Å². The van der Waals surface area contributed by atoms with Crippen molar-refractivity contribution < 1.29 is 9.53 Å². The van der Waals surface area contributed by atoms with Gasteiger partial charge in [-0.25, -0.2) is 0 Å². The molecule has 0 spiro atoms. The third kappa shape index (κ3) is 3.33. The fourth-order valence-corrected chi connectivity index (χ4v) is 2.88. The molecule has 1 fully saturated rings. The molecule has 1 aliphatic rings. The number of aryl methyl sites for hydroxylation is 1. The van der Waals surface area contributed by atoms with Gasteiger partial charge >= 0.3 is 0 Å². The van der Waals surface area contributed by atoms with Crippen molar-refractivity contribution in [2.45, 2.75) is 12.5 Å². The van der Waals surface area contributed by atoms with Crippen molar-refractivity contribution in [3.05, 3.63) is 58.5 Å². The van der Waals surface area contributed by atoms with Crippen molar-refractivity contribution in [3.63, 3.8) is 0 Å². The summed E-state index contributed by atoms with van der Waals surface area (Å²) in [7, 11) is 3.36. The SMILES string of the molecule is CO[C@@H]1CCN(c2ccc(NC(=O)c3cccn(C)c3=O)cc2)C1. The molecule has 0 bridgehead atoms. The van der Waals surface area contributed by atoms with Gasteiger partial charge in [0.1, 0.15) is 5.56 Å². The summed E-state index contributed by atoms with van der Waals surface area (Å²) in [5, 5.41) is 2.77. The van der Waals surface area contributed by atoms with Crippen LogP contribution in [0.4, 0.5) is 11.4 Å². The van der Waals surface area contributed by atoms with E-state index in [2.05, 4.69) is 10.2 Å². The maximum absolute atomic E-state index is 12.3. The Bertz CT molecular complexity index is 783. The average Bonchev–Trinajstić information content (AvgIpc) is 3.07. The van der Waals surface area contributed by atoms with Gasteiger partial charge in [-0.3, -0.25) is 9.59 Å². The number of carbonyl (C=O) groups is 1. The monoisotopic (exact) mass is 327 g/mol. The van der Waals surface area contributed by atoms with Crippen molar-refractivity contribution in [2.24, 2.45) is 7.05 Å². The number of pyridine rings is 1. The minimum atomic E-state index is -0.399. The molecule has 1 aromatic carbocycles. The lowest BCUT2D eigenvalue weighted by Gasteiger charge is -2.18. The number of amides is 1. The second-order valence-corrected chi connectivity index (χ2v) is 5.93. The van der Waals surface area contributed by atoms with Crippen LogP contribution < -0.4 is 15.8 Å². The Labute approximate surface area is 140 Å². The Morgan fingerprint density at radius 1 is 1.25 bits per heavy atom. The van der Waals surface area contributed by atoms with E-state index in [1.807, 2.05) is 24.3 Å². The van der Waals surface area contributed by atoms with Crippen LogP contribution in [0.1, 0.15) is 16.8 Å². The van der Waals surface area contributed by atoms with E-state index in [-0.39, 0.29) is 17.2 Å². The quantitative estimate of drug-likeness (QED) is 0.931. The predicted octanol–water partition coefficient (Wildman–Crippen LogP) is 1.86. The van der Waals surface area contributed by atoms with Gasteiger partial charge in [0.05, 0.1) is 6.10 Å². The molecule has 2 heterocycles. The Morgan fingerprint density at radius 3 is 2.67 bits per heavy atom. The smallest absolute Gasteiger partial charge is 0.263 e. The van der Waals surface area contributed by atoms with E-state index in [1.165, 1.54) is 10.6 Å². The van der Waals surface area contributed by atoms with Crippen molar-refractivity contribution >= 4 is 17.3 Å². The topological polar surface area (TPSA) is 63.6 Å². The summed E-state index contributed by atoms with van der Waals surface area (Å²) in [4.78, 5) is 26.5. The average molecular weight is 327 g/mol. The first-order valence-corrected chi connectivity index (χ1v) is 7.93. The van der Waals surface area contributed by atoms with Gasteiger partial charge in [-0.05, 0) is 42.8 Å². The standard InChI is InChI=1S/C18H21N3O3/c1-20-10-3-4-16(18(20)23)17(22)19-13-5-7-14(8-6-13)21-11-9-15(12-21)24-2/h3-8,10,15H,9,11-12H2,1-2H3,(H,19,22)/t15-/m1/s1. The summed E-state index contributed by atoms with van der Waals surface area (Å²) in [6.45, 7) is 1.84. The number of hydrogen-bond donors (Lipinski definition) is 1. The summed E-state index contributed by atoms with van der Waals surface area (Å²) in [6.07, 6.45) is 2.92. The number of rotatable bonds is 4. The molecule has 1 aliphatic heterocycles. The van der Waals surface area contributed by atoms with Crippen LogP contribution in [0.15, 0.2) is 47.4 Å². The third-order valence-corrected chi connectivity index (χ3v) is 4.34. The van der Waals surface area contributed by atoms with Crippen LogP contribution in [-0.2, 0) is 11.8 Å². The van der Waals surface area contributed by atoms with Gasteiger partial charge < -0.3 is 19.5 Å². The minimum absolute atomic E-state index is 0.131. The number of benzene rings is 1. The Morgan fingerprint density at radius 2 is 2.00 bits per heavy atom. The van der Waals surface area contributed by atoms with Crippen LogP contribution >= 0.6 is 0 Å². The van der Waals surface area contributed by atoms with Gasteiger partial charge in [0, 0.05) is 44.8 Å². The molecule has 2 aromatic rings. The highest BCUT2D eigenvalue weighted by Crippen LogP contribution is 2.23. The van der Waals surface area contributed by atoms with E-state index in [0.29, 0.717) is 5.69 Å². The van der Waals surface area contributed by atoms with E-state index in [4.69, 9.17) is 4.74 Å². The van der Waals surface area contributed by atoms with E-state index in [9.17, 15) is 9.59 Å². The molecular formula is C18H21N3O3. The Balaban J connectivity index is 1.69. The fraction of sp³-hybridized carbons (Fsp3) is 0.333. The lowest BCUT2D eigenvalue weighted by Crippen LogP contribution is -2.27. The first kappa shape index (κ1) is 16.3. The van der Waals surface area contributed by atoms with Crippen LogP contribution in [0.2, 0.25) is 0 Å². The van der Waals surface area contributed by atoms with Crippen LogP contribution in [0.3, 0.4) is 0 Å². The number of hydrogen-bond acceptors (Lipinski definition) is 4. The Hall–Kier alpha value is -2.60. The van der Waals surface area contributed by atoms with Crippen molar-refractivity contribution in [2.75, 3.05) is 30.4 Å². The number of ether oxygens (including phenoxy) is 1. The molecule has 3 rings (SSSR count). The molecule has 1 N–H and O–H groups in total. The fourth-order valence-electron chi connectivity index (χ4n) is 2.88. The molecule has 1 aromatic heterocycles. The number of nitrogens with zero attached hydrogens (tertiary/aromatic N) is 2. The zero-order valence-corrected chi connectivity index (χ0v) is 13.9. The maximum atomic E-state index is 12.3. The van der Waals surface area contributed by atoms with Crippen LogP contribution in [0.5, 0.6) is 0 Å². The zero-order chi connectivity index (χ0) is 17.1. The molecule has 0 unspecified atom stereocenters. The number of aromatic nitrogens is 1. The van der Waals surface area contributed by atoms with Crippen molar-refractivity contribution in [3.8, 4) is 0 Å². The first-order valence-electron chi connectivity index (χ1n) is 7.93. The summed E-state index contributed by atoms with van der Waals surface area (Å²) in [5.74, 6) is -0.399. The molecule has 1 atom stereocenters. The molecule has 126 valence electrons. The van der Waals surface area contributed by atoms with Gasteiger partial charge in [0.2, 0.25) is 0 Å². The molecular weight excluding hydrogens is 306 g/mol. The highest BCUT2D eigenvalue weighted by Gasteiger charge is 2.22. The second-order valence-electron chi connectivity index (χ2n) is 5.93. The van der Waals surface area contributed by atoms with Crippen LogP contribution in [0.25, 0.3) is 0 Å². The number of methoxy groups -OCH3 is 1. The lowest BCUT2D eigenvalue weighted by atomic mass is 10.2. The zero-order valence-electron chi connectivity index (χ0n) is 13.9. The maximum Gasteiger partial charge on any atom is 0.263 e. The minimum Gasteiger partial charge on any atom is -0.380 e. The number of carbonyl (C=O) groups excluding carboxylic acids is 1. The molecule has 1 saturated heterocycles. The molecule has 0 aliphatic carbocycles. The molecule has 6 heteroatoms. The van der Waals surface area contributed by atoms with E-state index in [1.54, 1.807) is 26.4 Å². The van der Waals surface area contributed by atoms with E-state index in [0.717, 1.165) is 25.2 Å². The van der Waals surface area contributed by atoms with Crippen molar-refractivity contribution in [1.29, 1.82) is 0 Å². The molecule has 0 radical (unpaired) electrons. The van der Waals surface area contributed by atoms with Crippen molar-refractivity contribution in [1.82, 2.24) is 4.57 Å². The third-order valence-electron chi connectivity index (χ3n) is 4.34. The summed E-state index contributed by atoms with van der Waals surface area (Å²) in [5.41, 5.74) is 1.58. The Kier molecular flexibility index (Phi) is 4.66. The number of anilines is 2. The van der Waals surface area contributed by atoms with Gasteiger partial charge in [-0.1, -0.05) is 0 Å². The summed E-state index contributed by atoms with van der Waals surface area (Å²) in [6, 6.07) is 10.8. The highest BCUT2D eigenvalue weighted by molar-refractivity contribution is 6.04. The first-order chi connectivity index (χ1) is 11.6. The predicted molar refractivity (Wildman–Crippen MR) is 93.7 cm³/mol. The molecule has 6 nitrogen and oxygen atoms in total. The molecule has 0 saturated carbocycles. The second kappa shape index (κ2) is 6.88. The van der Waals surface area contributed by atoms with E-state index >= 15 is 0 Å². The lowest BCUT2D eigenvalue weighted by molar-refractivity contribution is 0.102. The van der Waals surface area contributed by atoms with E-state index < -0.39 is 5.91 Å². The van der Waals surface area contributed by atoms with Gasteiger partial charge in [0.25, 0.3) is 11.5 Å². The van der Waals surface area contributed by atoms with Gasteiger partial charge in [0.15, 0.2) is 0 Å². The normalized spacial score (nSPS) is 17.1. The number of nitrogens with one attached hydrogen (secondary N) is 1. The van der Waals surface area contributed by atoms with Gasteiger partial charge in [-0.2, -0.15) is 0 Å². The largest absolute Gasteiger partial charge is 0.380 e. The van der Waals surface area contributed by atoms with Crippen LogP contribution in [-0.4, -0.2) is 36.8 Å². The molecule has 24 heavy (non-hydrogen) atoms. The summed E-state index contributed by atoms with van der Waals surface area (Å²) >= 11 is 0. The van der Waals surface area contributed by atoms with Gasteiger partial charge in [-0.15, -0.1) is 0 Å². The highest BCUT2D eigenvalue weighted by atomic mass is 16.5. The molecule has 1 amide bonds.